The second-order valence-electron chi connectivity index (χ2n) is 6.52. The first-order valence-corrected chi connectivity index (χ1v) is 8.71. The third kappa shape index (κ3) is 4.86. The molecule has 2 amide bonds. The summed E-state index contributed by atoms with van der Waals surface area (Å²) in [5.41, 5.74) is 0.432. The zero-order valence-electron chi connectivity index (χ0n) is 16.3. The Bertz CT molecular complexity index is 743. The average molecular weight is 392 g/mol. The van der Waals surface area contributed by atoms with Crippen LogP contribution in [0.1, 0.15) is 34.1 Å². The van der Waals surface area contributed by atoms with E-state index >= 15 is 0 Å². The van der Waals surface area contributed by atoms with Crippen molar-refractivity contribution >= 4 is 29.4 Å². The first-order chi connectivity index (χ1) is 13.3. The number of carbonyl (C=O) groups is 4. The van der Waals surface area contributed by atoms with Crippen molar-refractivity contribution in [2.45, 2.75) is 19.4 Å². The lowest BCUT2D eigenvalue weighted by Gasteiger charge is -2.23. The zero-order chi connectivity index (χ0) is 20.8. The number of likely N-dealkylation sites (tertiary alicyclic amines) is 1. The number of amides is 2. The van der Waals surface area contributed by atoms with Crippen molar-refractivity contribution in [3.05, 3.63) is 29.3 Å². The molecule has 1 aliphatic rings. The molecular weight excluding hydrogens is 368 g/mol. The number of hydrogen-bond donors (Lipinski definition) is 1. The van der Waals surface area contributed by atoms with Gasteiger partial charge in [-0.15, -0.1) is 0 Å². The number of anilines is 1. The monoisotopic (exact) mass is 392 g/mol. The Morgan fingerprint density at radius 2 is 1.68 bits per heavy atom. The molecule has 0 radical (unpaired) electrons. The van der Waals surface area contributed by atoms with Crippen LogP contribution >= 0.6 is 0 Å². The molecule has 0 aliphatic carbocycles. The highest BCUT2D eigenvalue weighted by Gasteiger charge is 2.36. The van der Waals surface area contributed by atoms with Gasteiger partial charge in [0, 0.05) is 25.8 Å². The van der Waals surface area contributed by atoms with Crippen molar-refractivity contribution in [3.63, 3.8) is 0 Å². The molecule has 1 aromatic carbocycles. The van der Waals surface area contributed by atoms with Crippen LogP contribution in [-0.2, 0) is 23.8 Å². The van der Waals surface area contributed by atoms with Crippen LogP contribution in [0.4, 0.5) is 5.69 Å². The summed E-state index contributed by atoms with van der Waals surface area (Å²) >= 11 is 0. The fourth-order valence-corrected chi connectivity index (χ4v) is 3.08. The average Bonchev–Trinajstić information content (AvgIpc) is 3.08. The highest BCUT2D eigenvalue weighted by molar-refractivity contribution is 6.01. The number of esters is 2. The summed E-state index contributed by atoms with van der Waals surface area (Å²) in [5.74, 6) is -2.36. The summed E-state index contributed by atoms with van der Waals surface area (Å²) in [7, 11) is 3.98. The summed E-state index contributed by atoms with van der Waals surface area (Å²) in [6.45, 7) is 2.50. The van der Waals surface area contributed by atoms with Gasteiger partial charge in [-0.05, 0) is 25.1 Å². The second-order valence-corrected chi connectivity index (χ2v) is 6.52. The maximum absolute atomic E-state index is 12.6. The third-order valence-corrected chi connectivity index (χ3v) is 4.51. The minimum absolute atomic E-state index is 0.0838. The molecule has 152 valence electrons. The van der Waals surface area contributed by atoms with E-state index in [2.05, 4.69) is 14.8 Å². The van der Waals surface area contributed by atoms with Gasteiger partial charge >= 0.3 is 11.9 Å². The lowest BCUT2D eigenvalue weighted by atomic mass is 10.1. The van der Waals surface area contributed by atoms with Crippen LogP contribution in [0.3, 0.4) is 0 Å². The number of hydrogen-bond acceptors (Lipinski definition) is 7. The largest absolute Gasteiger partial charge is 0.465 e. The number of nitrogens with one attached hydrogen (secondary N) is 1. The molecule has 1 aliphatic heterocycles. The van der Waals surface area contributed by atoms with E-state index in [4.69, 9.17) is 4.74 Å². The van der Waals surface area contributed by atoms with E-state index in [-0.39, 0.29) is 47.6 Å². The van der Waals surface area contributed by atoms with Crippen molar-refractivity contribution in [1.29, 1.82) is 0 Å². The molecule has 2 atom stereocenters. The molecular formula is C19H24N2O7. The number of ether oxygens (including phenoxy) is 3. The minimum atomic E-state index is -0.656. The number of carbonyl (C=O) groups excluding carboxylic acids is 4. The quantitative estimate of drug-likeness (QED) is 0.691. The first-order valence-electron chi connectivity index (χ1n) is 8.71. The van der Waals surface area contributed by atoms with E-state index in [1.54, 1.807) is 12.0 Å². The molecule has 0 saturated carbocycles. The van der Waals surface area contributed by atoms with Crippen LogP contribution in [0.15, 0.2) is 18.2 Å². The van der Waals surface area contributed by atoms with Crippen LogP contribution in [0.25, 0.3) is 0 Å². The Labute approximate surface area is 162 Å². The fourth-order valence-electron chi connectivity index (χ4n) is 3.08. The highest BCUT2D eigenvalue weighted by Crippen LogP contribution is 2.23. The second kappa shape index (κ2) is 9.32. The van der Waals surface area contributed by atoms with Gasteiger partial charge in [0.2, 0.25) is 11.8 Å². The van der Waals surface area contributed by atoms with Crippen molar-refractivity contribution in [3.8, 4) is 0 Å². The normalized spacial score (nSPS) is 17.2. The van der Waals surface area contributed by atoms with E-state index < -0.39 is 17.9 Å². The number of methoxy groups -OCH3 is 3. The molecule has 0 spiro atoms. The zero-order valence-corrected chi connectivity index (χ0v) is 16.3. The molecule has 28 heavy (non-hydrogen) atoms. The Kier molecular flexibility index (Phi) is 7.11. The van der Waals surface area contributed by atoms with E-state index in [1.165, 1.54) is 32.4 Å². The molecule has 9 heteroatoms. The molecule has 1 fully saturated rings. The number of rotatable bonds is 7. The van der Waals surface area contributed by atoms with Gasteiger partial charge in [0.05, 0.1) is 43.9 Å². The van der Waals surface area contributed by atoms with Crippen LogP contribution in [0.2, 0.25) is 0 Å². The molecule has 1 N–H and O–H groups in total. The molecule has 1 aromatic rings. The Balaban J connectivity index is 2.18. The van der Waals surface area contributed by atoms with Crippen molar-refractivity contribution in [2.24, 2.45) is 5.92 Å². The molecule has 9 nitrogen and oxygen atoms in total. The molecule has 0 unspecified atom stereocenters. The van der Waals surface area contributed by atoms with E-state index in [0.717, 1.165) is 0 Å². The Morgan fingerprint density at radius 1 is 1.11 bits per heavy atom. The molecule has 0 bridgehead atoms. The van der Waals surface area contributed by atoms with Crippen LogP contribution in [-0.4, -0.2) is 69.2 Å². The van der Waals surface area contributed by atoms with Gasteiger partial charge in [0.15, 0.2) is 0 Å². The predicted molar refractivity (Wildman–Crippen MR) is 98.9 cm³/mol. The SMILES string of the molecule is COC[C@@H](C)N1C[C@@H](C(=O)Nc2cc(C(=O)OC)cc(C(=O)OC)c2)CC1=O. The minimum Gasteiger partial charge on any atom is -0.465 e. The molecule has 2 rings (SSSR count). The van der Waals surface area contributed by atoms with Crippen molar-refractivity contribution in [1.82, 2.24) is 4.90 Å². The van der Waals surface area contributed by atoms with Gasteiger partial charge in [-0.1, -0.05) is 0 Å². The molecule has 1 heterocycles. The third-order valence-electron chi connectivity index (χ3n) is 4.51. The number of benzene rings is 1. The van der Waals surface area contributed by atoms with E-state index in [1.807, 2.05) is 6.92 Å². The Hall–Kier alpha value is -2.94. The van der Waals surface area contributed by atoms with Crippen LogP contribution in [0, 0.1) is 5.92 Å². The standard InChI is InChI=1S/C19H24N2O7/c1-11(10-26-2)21-9-14(8-16(21)22)17(23)20-15-6-12(18(24)27-3)5-13(7-15)19(25)28-4/h5-7,11,14H,8-10H2,1-4H3,(H,20,23)/t11-,14+/m1/s1. The van der Waals surface area contributed by atoms with Gasteiger partial charge in [0.1, 0.15) is 0 Å². The first kappa shape index (κ1) is 21.4. The summed E-state index contributed by atoms with van der Waals surface area (Å²) in [6.07, 6.45) is 0.0838. The van der Waals surface area contributed by atoms with E-state index in [9.17, 15) is 19.2 Å². The molecule has 1 saturated heterocycles. The van der Waals surface area contributed by atoms with Gasteiger partial charge in [-0.3, -0.25) is 9.59 Å². The van der Waals surface area contributed by atoms with Gasteiger partial charge in [-0.25, -0.2) is 9.59 Å². The fraction of sp³-hybridized carbons (Fsp3) is 0.474. The lowest BCUT2D eigenvalue weighted by molar-refractivity contribution is -0.130. The summed E-state index contributed by atoms with van der Waals surface area (Å²) in [4.78, 5) is 50.1. The lowest BCUT2D eigenvalue weighted by Crippen LogP contribution is -2.38. The highest BCUT2D eigenvalue weighted by atomic mass is 16.5. The summed E-state index contributed by atoms with van der Waals surface area (Å²) < 4.78 is 14.4. The summed E-state index contributed by atoms with van der Waals surface area (Å²) in [5, 5.41) is 2.67. The maximum Gasteiger partial charge on any atom is 0.337 e. The van der Waals surface area contributed by atoms with E-state index in [0.29, 0.717) is 6.61 Å². The maximum atomic E-state index is 12.6. The van der Waals surface area contributed by atoms with Crippen LogP contribution < -0.4 is 5.32 Å². The van der Waals surface area contributed by atoms with Crippen molar-refractivity contribution < 1.29 is 33.4 Å². The predicted octanol–water partition coefficient (Wildman–Crippen LogP) is 1.08. The van der Waals surface area contributed by atoms with Gasteiger partial charge in [0.25, 0.3) is 0 Å². The Morgan fingerprint density at radius 3 is 2.18 bits per heavy atom. The molecule has 0 aromatic heterocycles. The van der Waals surface area contributed by atoms with Crippen molar-refractivity contribution in [2.75, 3.05) is 39.8 Å². The van der Waals surface area contributed by atoms with Gasteiger partial charge < -0.3 is 24.4 Å². The van der Waals surface area contributed by atoms with Crippen LogP contribution in [0.5, 0.6) is 0 Å². The topological polar surface area (TPSA) is 111 Å². The van der Waals surface area contributed by atoms with Gasteiger partial charge in [-0.2, -0.15) is 0 Å². The number of nitrogens with zero attached hydrogens (tertiary/aromatic N) is 1. The summed E-state index contributed by atoms with van der Waals surface area (Å²) in [6, 6.07) is 3.99. The smallest absolute Gasteiger partial charge is 0.337 e.